The molecule has 0 aliphatic rings. The standard InChI is InChI=1S/C14H11BrN4O/c15-10-2-4-13(16-7-10)19-14(20)6-9-1-3-11-12(5-9)18-8-17-11/h1-5,7-8H,6H2,(H,17,18)(H,16,19,20). The fourth-order valence-corrected chi connectivity index (χ4v) is 2.15. The topological polar surface area (TPSA) is 70.7 Å². The number of carbonyl (C=O) groups is 1. The van der Waals surface area contributed by atoms with Gasteiger partial charge < -0.3 is 10.3 Å². The Balaban J connectivity index is 1.70. The van der Waals surface area contributed by atoms with Crippen LogP contribution in [0.1, 0.15) is 5.56 Å². The first-order chi connectivity index (χ1) is 9.70. The smallest absolute Gasteiger partial charge is 0.229 e. The minimum absolute atomic E-state index is 0.0984. The highest BCUT2D eigenvalue weighted by atomic mass is 79.9. The number of H-pyrrole nitrogens is 1. The number of nitrogens with one attached hydrogen (secondary N) is 2. The summed E-state index contributed by atoms with van der Waals surface area (Å²) >= 11 is 3.30. The Morgan fingerprint density at radius 1 is 1.25 bits per heavy atom. The molecule has 0 aliphatic heterocycles. The number of hydrogen-bond acceptors (Lipinski definition) is 3. The molecule has 2 heterocycles. The lowest BCUT2D eigenvalue weighted by Crippen LogP contribution is -2.15. The number of halogens is 1. The molecule has 3 rings (SSSR count). The highest BCUT2D eigenvalue weighted by molar-refractivity contribution is 9.10. The van der Waals surface area contributed by atoms with Crippen molar-refractivity contribution in [1.29, 1.82) is 0 Å². The van der Waals surface area contributed by atoms with Crippen molar-refractivity contribution in [2.75, 3.05) is 5.32 Å². The largest absolute Gasteiger partial charge is 0.345 e. The van der Waals surface area contributed by atoms with Gasteiger partial charge in [0, 0.05) is 10.7 Å². The quantitative estimate of drug-likeness (QED) is 0.775. The summed E-state index contributed by atoms with van der Waals surface area (Å²) in [6.07, 6.45) is 3.58. The maximum absolute atomic E-state index is 12.0. The summed E-state index contributed by atoms with van der Waals surface area (Å²) in [4.78, 5) is 23.2. The zero-order valence-electron chi connectivity index (χ0n) is 10.4. The Labute approximate surface area is 123 Å². The second-order valence-corrected chi connectivity index (χ2v) is 5.26. The monoisotopic (exact) mass is 330 g/mol. The third-order valence-corrected chi connectivity index (χ3v) is 3.31. The summed E-state index contributed by atoms with van der Waals surface area (Å²) < 4.78 is 0.875. The van der Waals surface area contributed by atoms with Crippen molar-refractivity contribution in [1.82, 2.24) is 15.0 Å². The molecule has 0 saturated heterocycles. The number of anilines is 1. The van der Waals surface area contributed by atoms with Gasteiger partial charge in [-0.1, -0.05) is 6.07 Å². The number of imidazole rings is 1. The van der Waals surface area contributed by atoms with Crippen molar-refractivity contribution in [3.05, 3.63) is 52.9 Å². The molecule has 2 aromatic heterocycles. The molecular formula is C14H11BrN4O. The molecule has 0 spiro atoms. The van der Waals surface area contributed by atoms with Crippen LogP contribution < -0.4 is 5.32 Å². The van der Waals surface area contributed by atoms with Gasteiger partial charge in [0.15, 0.2) is 0 Å². The summed E-state index contributed by atoms with van der Waals surface area (Å²) in [5.41, 5.74) is 2.75. The van der Waals surface area contributed by atoms with E-state index < -0.39 is 0 Å². The number of rotatable bonds is 3. The minimum Gasteiger partial charge on any atom is -0.345 e. The number of amides is 1. The summed E-state index contributed by atoms with van der Waals surface area (Å²) in [6, 6.07) is 9.31. The van der Waals surface area contributed by atoms with Crippen molar-refractivity contribution in [3.8, 4) is 0 Å². The number of nitrogens with zero attached hydrogens (tertiary/aromatic N) is 2. The third kappa shape index (κ3) is 2.85. The number of aromatic amines is 1. The Kier molecular flexibility index (Phi) is 3.47. The Morgan fingerprint density at radius 2 is 2.15 bits per heavy atom. The summed E-state index contributed by atoms with van der Waals surface area (Å²) in [5.74, 6) is 0.444. The zero-order chi connectivity index (χ0) is 13.9. The molecule has 0 atom stereocenters. The van der Waals surface area contributed by atoms with Gasteiger partial charge >= 0.3 is 0 Å². The van der Waals surface area contributed by atoms with Crippen LogP contribution in [0.4, 0.5) is 5.82 Å². The molecule has 0 aliphatic carbocycles. The van der Waals surface area contributed by atoms with Crippen LogP contribution in [0.15, 0.2) is 47.3 Å². The second kappa shape index (κ2) is 5.42. The normalized spacial score (nSPS) is 10.7. The van der Waals surface area contributed by atoms with Crippen LogP contribution in [0.25, 0.3) is 11.0 Å². The number of carbonyl (C=O) groups excluding carboxylic acids is 1. The lowest BCUT2D eigenvalue weighted by atomic mass is 10.1. The van der Waals surface area contributed by atoms with E-state index in [0.717, 1.165) is 21.1 Å². The van der Waals surface area contributed by atoms with Crippen molar-refractivity contribution in [2.45, 2.75) is 6.42 Å². The van der Waals surface area contributed by atoms with Crippen molar-refractivity contribution in [3.63, 3.8) is 0 Å². The van der Waals surface area contributed by atoms with Crippen LogP contribution in [-0.4, -0.2) is 20.9 Å². The molecule has 100 valence electrons. The average Bonchev–Trinajstić information content (AvgIpc) is 2.89. The fraction of sp³-hybridized carbons (Fsp3) is 0.0714. The molecule has 1 amide bonds. The maximum Gasteiger partial charge on any atom is 0.229 e. The van der Waals surface area contributed by atoms with E-state index >= 15 is 0 Å². The van der Waals surface area contributed by atoms with Gasteiger partial charge in [0.25, 0.3) is 0 Å². The second-order valence-electron chi connectivity index (χ2n) is 4.34. The number of pyridine rings is 1. The number of aromatic nitrogens is 3. The average molecular weight is 331 g/mol. The third-order valence-electron chi connectivity index (χ3n) is 2.84. The first-order valence-electron chi connectivity index (χ1n) is 6.04. The predicted octanol–water partition coefficient (Wildman–Crippen LogP) is 2.90. The van der Waals surface area contributed by atoms with Gasteiger partial charge in [-0.05, 0) is 45.8 Å². The summed E-state index contributed by atoms with van der Waals surface area (Å²) in [5, 5.41) is 2.76. The summed E-state index contributed by atoms with van der Waals surface area (Å²) in [7, 11) is 0. The van der Waals surface area contributed by atoms with Gasteiger partial charge in [-0.25, -0.2) is 9.97 Å². The van der Waals surface area contributed by atoms with Crippen LogP contribution in [0.3, 0.4) is 0 Å². The molecule has 0 saturated carbocycles. The van der Waals surface area contributed by atoms with Gasteiger partial charge in [-0.3, -0.25) is 4.79 Å². The molecule has 0 radical (unpaired) electrons. The van der Waals surface area contributed by atoms with Crippen molar-refractivity contribution < 1.29 is 4.79 Å². The van der Waals surface area contributed by atoms with Crippen LogP contribution in [0.2, 0.25) is 0 Å². The van der Waals surface area contributed by atoms with Crippen LogP contribution in [-0.2, 0) is 11.2 Å². The minimum atomic E-state index is -0.0984. The lowest BCUT2D eigenvalue weighted by Gasteiger charge is -2.04. The van der Waals surface area contributed by atoms with Gasteiger partial charge in [0.1, 0.15) is 5.82 Å². The molecule has 5 nitrogen and oxygen atoms in total. The zero-order valence-corrected chi connectivity index (χ0v) is 12.0. The van der Waals surface area contributed by atoms with E-state index in [2.05, 4.69) is 36.2 Å². The highest BCUT2D eigenvalue weighted by Crippen LogP contribution is 2.13. The van der Waals surface area contributed by atoms with Gasteiger partial charge in [-0.2, -0.15) is 0 Å². The number of hydrogen-bond donors (Lipinski definition) is 2. The maximum atomic E-state index is 12.0. The first kappa shape index (κ1) is 12.8. The molecule has 0 bridgehead atoms. The molecule has 20 heavy (non-hydrogen) atoms. The first-order valence-corrected chi connectivity index (χ1v) is 6.83. The van der Waals surface area contributed by atoms with E-state index in [0.29, 0.717) is 12.2 Å². The SMILES string of the molecule is O=C(Cc1ccc2nc[nH]c2c1)Nc1ccc(Br)cn1. The van der Waals surface area contributed by atoms with Gasteiger partial charge in [0.05, 0.1) is 23.8 Å². The summed E-state index contributed by atoms with van der Waals surface area (Å²) in [6.45, 7) is 0. The van der Waals surface area contributed by atoms with Crippen LogP contribution >= 0.6 is 15.9 Å². The van der Waals surface area contributed by atoms with E-state index in [1.54, 1.807) is 18.6 Å². The number of fused-ring (bicyclic) bond motifs is 1. The van der Waals surface area contributed by atoms with E-state index in [9.17, 15) is 4.79 Å². The molecule has 2 N–H and O–H groups in total. The lowest BCUT2D eigenvalue weighted by molar-refractivity contribution is -0.115. The van der Waals surface area contributed by atoms with Crippen molar-refractivity contribution >= 4 is 38.7 Å². The Bertz CT molecular complexity index is 751. The van der Waals surface area contributed by atoms with Crippen LogP contribution in [0, 0.1) is 0 Å². The molecule has 1 aromatic carbocycles. The van der Waals surface area contributed by atoms with Gasteiger partial charge in [0.2, 0.25) is 5.91 Å². The van der Waals surface area contributed by atoms with E-state index in [1.807, 2.05) is 24.3 Å². The van der Waals surface area contributed by atoms with Gasteiger partial charge in [-0.15, -0.1) is 0 Å². The van der Waals surface area contributed by atoms with Crippen molar-refractivity contribution in [2.24, 2.45) is 0 Å². The molecule has 6 heteroatoms. The Morgan fingerprint density at radius 3 is 2.95 bits per heavy atom. The van der Waals surface area contributed by atoms with E-state index in [4.69, 9.17) is 0 Å². The Hall–Kier alpha value is -2.21. The van der Waals surface area contributed by atoms with E-state index in [-0.39, 0.29) is 5.91 Å². The molecule has 0 fully saturated rings. The fourth-order valence-electron chi connectivity index (χ4n) is 1.91. The van der Waals surface area contributed by atoms with Crippen LogP contribution in [0.5, 0.6) is 0 Å². The number of benzene rings is 1. The predicted molar refractivity (Wildman–Crippen MR) is 80.4 cm³/mol. The van der Waals surface area contributed by atoms with E-state index in [1.165, 1.54) is 0 Å². The molecule has 0 unspecified atom stereocenters. The highest BCUT2D eigenvalue weighted by Gasteiger charge is 2.06. The molecular weight excluding hydrogens is 320 g/mol. The molecule has 3 aromatic rings.